The van der Waals surface area contributed by atoms with Crippen LogP contribution in [0.5, 0.6) is 0 Å². The fourth-order valence-corrected chi connectivity index (χ4v) is 3.88. The van der Waals surface area contributed by atoms with E-state index in [1.165, 1.54) is 11.3 Å². The van der Waals surface area contributed by atoms with E-state index in [0.717, 1.165) is 31.2 Å². The lowest BCUT2D eigenvalue weighted by atomic mass is 9.93. The summed E-state index contributed by atoms with van der Waals surface area (Å²) in [6, 6.07) is 7.10. The fourth-order valence-electron chi connectivity index (χ4n) is 3.76. The van der Waals surface area contributed by atoms with Crippen molar-refractivity contribution in [2.45, 2.75) is 44.2 Å². The predicted octanol–water partition coefficient (Wildman–Crippen LogP) is 2.76. The van der Waals surface area contributed by atoms with Crippen molar-refractivity contribution in [3.8, 4) is 0 Å². The van der Waals surface area contributed by atoms with Crippen LogP contribution in [-0.4, -0.2) is 34.6 Å². The average Bonchev–Trinajstić information content (AvgIpc) is 3.10. The van der Waals surface area contributed by atoms with Crippen LogP contribution in [-0.2, 0) is 14.4 Å². The number of likely N-dealkylation sites (tertiary alicyclic amines) is 1. The molecule has 0 radical (unpaired) electrons. The molecule has 0 spiro atoms. The van der Waals surface area contributed by atoms with E-state index < -0.39 is 12.0 Å². The zero-order chi connectivity index (χ0) is 16.0. The first-order valence-corrected chi connectivity index (χ1v) is 8.41. The van der Waals surface area contributed by atoms with E-state index >= 15 is 0 Å². The highest BCUT2D eigenvalue weighted by atomic mass is 35.5. The van der Waals surface area contributed by atoms with Crippen LogP contribution in [0.2, 0.25) is 5.02 Å². The molecule has 0 unspecified atom stereocenters. The SMILES string of the molecule is O=C1[C@H]2C(c3ccc(Cl)cc3)=NO[C@@H]2C(=O)N1C1CCCCC1. The Morgan fingerprint density at radius 2 is 1.74 bits per heavy atom. The van der Waals surface area contributed by atoms with Crippen LogP contribution >= 0.6 is 11.6 Å². The summed E-state index contributed by atoms with van der Waals surface area (Å²) >= 11 is 5.91. The molecule has 1 saturated heterocycles. The van der Waals surface area contributed by atoms with Crippen LogP contribution in [0.25, 0.3) is 0 Å². The number of carbonyl (C=O) groups excluding carboxylic acids is 2. The van der Waals surface area contributed by atoms with E-state index in [9.17, 15) is 9.59 Å². The minimum absolute atomic E-state index is 0.0180. The fraction of sp³-hybridized carbons (Fsp3) is 0.471. The van der Waals surface area contributed by atoms with Gasteiger partial charge < -0.3 is 4.84 Å². The summed E-state index contributed by atoms with van der Waals surface area (Å²) in [7, 11) is 0. The number of imide groups is 1. The molecular formula is C17H17ClN2O3. The normalized spacial score (nSPS) is 27.9. The topological polar surface area (TPSA) is 59.0 Å². The molecule has 2 amide bonds. The molecule has 4 rings (SSSR count). The summed E-state index contributed by atoms with van der Waals surface area (Å²) in [6.45, 7) is 0. The summed E-state index contributed by atoms with van der Waals surface area (Å²) < 4.78 is 0. The van der Waals surface area contributed by atoms with Gasteiger partial charge in [0.1, 0.15) is 11.6 Å². The number of hydrogen-bond donors (Lipinski definition) is 0. The molecule has 5 nitrogen and oxygen atoms in total. The first kappa shape index (κ1) is 14.7. The van der Waals surface area contributed by atoms with Gasteiger partial charge in [-0.3, -0.25) is 14.5 Å². The van der Waals surface area contributed by atoms with Gasteiger partial charge in [0.25, 0.3) is 5.91 Å². The quantitative estimate of drug-likeness (QED) is 0.782. The summed E-state index contributed by atoms with van der Waals surface area (Å²) in [5.74, 6) is -1.02. The summed E-state index contributed by atoms with van der Waals surface area (Å²) in [5.41, 5.74) is 1.30. The summed E-state index contributed by atoms with van der Waals surface area (Å²) in [5, 5.41) is 4.62. The van der Waals surface area contributed by atoms with Gasteiger partial charge in [-0.15, -0.1) is 0 Å². The predicted molar refractivity (Wildman–Crippen MR) is 85.1 cm³/mol. The van der Waals surface area contributed by atoms with Crippen LogP contribution in [0.1, 0.15) is 37.7 Å². The minimum Gasteiger partial charge on any atom is -0.381 e. The molecule has 6 heteroatoms. The van der Waals surface area contributed by atoms with E-state index in [2.05, 4.69) is 5.16 Å². The molecule has 1 aromatic rings. The van der Waals surface area contributed by atoms with Crippen molar-refractivity contribution < 1.29 is 14.4 Å². The molecule has 0 bridgehead atoms. The van der Waals surface area contributed by atoms with Gasteiger partial charge in [0, 0.05) is 16.6 Å². The van der Waals surface area contributed by atoms with E-state index in [1.54, 1.807) is 24.3 Å². The number of rotatable bonds is 2. The maximum absolute atomic E-state index is 12.9. The molecule has 1 aliphatic carbocycles. The third-order valence-corrected chi connectivity index (χ3v) is 5.18. The molecule has 1 saturated carbocycles. The number of halogens is 1. The molecule has 1 aromatic carbocycles. The van der Waals surface area contributed by atoms with Gasteiger partial charge >= 0.3 is 0 Å². The van der Waals surface area contributed by atoms with E-state index in [0.29, 0.717) is 10.7 Å². The van der Waals surface area contributed by atoms with Crippen molar-refractivity contribution in [1.29, 1.82) is 0 Å². The van der Waals surface area contributed by atoms with E-state index in [4.69, 9.17) is 16.4 Å². The Morgan fingerprint density at radius 3 is 2.43 bits per heavy atom. The van der Waals surface area contributed by atoms with E-state index in [1.807, 2.05) is 0 Å². The van der Waals surface area contributed by atoms with Gasteiger partial charge in [0.2, 0.25) is 12.0 Å². The Hall–Kier alpha value is -1.88. The molecule has 2 aliphatic heterocycles. The Morgan fingerprint density at radius 1 is 1.04 bits per heavy atom. The van der Waals surface area contributed by atoms with Gasteiger partial charge in [-0.05, 0) is 25.0 Å². The molecule has 0 aromatic heterocycles. The van der Waals surface area contributed by atoms with Crippen molar-refractivity contribution in [1.82, 2.24) is 4.90 Å². The number of hydrogen-bond acceptors (Lipinski definition) is 4. The summed E-state index contributed by atoms with van der Waals surface area (Å²) in [4.78, 5) is 32.2. The third-order valence-electron chi connectivity index (χ3n) is 4.93. The van der Waals surface area contributed by atoms with Crippen molar-refractivity contribution >= 4 is 29.1 Å². The Kier molecular flexibility index (Phi) is 3.60. The Bertz CT molecular complexity index is 680. The molecule has 2 fully saturated rings. The first-order valence-electron chi connectivity index (χ1n) is 8.03. The summed E-state index contributed by atoms with van der Waals surface area (Å²) in [6.07, 6.45) is 4.30. The maximum atomic E-state index is 12.9. The highest BCUT2D eigenvalue weighted by Crippen LogP contribution is 2.36. The molecule has 120 valence electrons. The number of fused-ring (bicyclic) bond motifs is 1. The van der Waals surface area contributed by atoms with Gasteiger partial charge in [0.05, 0.1) is 0 Å². The maximum Gasteiger partial charge on any atom is 0.274 e. The largest absolute Gasteiger partial charge is 0.381 e. The molecule has 3 aliphatic rings. The molecule has 2 atom stereocenters. The standard InChI is InChI=1S/C17H17ClN2O3/c18-11-8-6-10(7-9-11)14-13-15(23-19-14)17(22)20(16(13)21)12-4-2-1-3-5-12/h6-9,12-13,15H,1-5H2/t13-,15-/m0/s1. The lowest BCUT2D eigenvalue weighted by Gasteiger charge is -2.29. The zero-order valence-corrected chi connectivity index (χ0v) is 13.3. The monoisotopic (exact) mass is 332 g/mol. The highest BCUT2D eigenvalue weighted by molar-refractivity contribution is 6.31. The van der Waals surface area contributed by atoms with Crippen LogP contribution in [0, 0.1) is 5.92 Å². The Balaban J connectivity index is 1.62. The molecule has 0 N–H and O–H groups in total. The number of nitrogens with zero attached hydrogens (tertiary/aromatic N) is 2. The first-order chi connectivity index (χ1) is 11.2. The molecule has 23 heavy (non-hydrogen) atoms. The lowest BCUT2D eigenvalue weighted by Crippen LogP contribution is -2.43. The second-order valence-corrected chi connectivity index (χ2v) is 6.76. The van der Waals surface area contributed by atoms with Crippen LogP contribution in [0.3, 0.4) is 0 Å². The van der Waals surface area contributed by atoms with Crippen molar-refractivity contribution in [3.63, 3.8) is 0 Å². The van der Waals surface area contributed by atoms with Crippen LogP contribution < -0.4 is 0 Å². The van der Waals surface area contributed by atoms with Gasteiger partial charge in [-0.1, -0.05) is 48.2 Å². The van der Waals surface area contributed by atoms with Gasteiger partial charge in [-0.25, -0.2) is 0 Å². The third kappa shape index (κ3) is 2.34. The number of amides is 2. The molecular weight excluding hydrogens is 316 g/mol. The zero-order valence-electron chi connectivity index (χ0n) is 12.6. The van der Waals surface area contributed by atoms with E-state index in [-0.39, 0.29) is 17.9 Å². The highest BCUT2D eigenvalue weighted by Gasteiger charge is 2.57. The number of oxime groups is 1. The number of carbonyl (C=O) groups is 2. The van der Waals surface area contributed by atoms with Crippen molar-refractivity contribution in [2.75, 3.05) is 0 Å². The lowest BCUT2D eigenvalue weighted by molar-refractivity contribution is -0.145. The van der Waals surface area contributed by atoms with Crippen LogP contribution in [0.4, 0.5) is 0 Å². The van der Waals surface area contributed by atoms with Gasteiger partial charge in [-0.2, -0.15) is 0 Å². The van der Waals surface area contributed by atoms with Crippen molar-refractivity contribution in [2.24, 2.45) is 11.1 Å². The van der Waals surface area contributed by atoms with Crippen molar-refractivity contribution in [3.05, 3.63) is 34.9 Å². The van der Waals surface area contributed by atoms with Gasteiger partial charge in [0.15, 0.2) is 0 Å². The molecule has 2 heterocycles. The Labute approximate surface area is 139 Å². The second kappa shape index (κ2) is 5.64. The average molecular weight is 333 g/mol. The second-order valence-electron chi connectivity index (χ2n) is 6.33. The number of benzene rings is 1. The smallest absolute Gasteiger partial charge is 0.274 e. The van der Waals surface area contributed by atoms with Crippen LogP contribution in [0.15, 0.2) is 29.4 Å². The minimum atomic E-state index is -0.796.